The van der Waals surface area contributed by atoms with Crippen LogP contribution in [0.25, 0.3) is 10.9 Å². The quantitative estimate of drug-likeness (QED) is 0.248. The summed E-state index contributed by atoms with van der Waals surface area (Å²) in [5.41, 5.74) is -2.69. The van der Waals surface area contributed by atoms with Crippen LogP contribution in [-0.2, 0) is 14.2 Å². The minimum atomic E-state index is -1.28. The van der Waals surface area contributed by atoms with E-state index < -0.39 is 52.5 Å². The number of nitrogens with zero attached hydrogens (tertiary/aromatic N) is 2. The molecular formula is C33H41F2N3O7. The van der Waals surface area contributed by atoms with Gasteiger partial charge < -0.3 is 29.0 Å². The number of aromatic nitrogens is 1. The number of rotatable bonds is 6. The van der Waals surface area contributed by atoms with Gasteiger partial charge in [0.2, 0.25) is 5.43 Å². The van der Waals surface area contributed by atoms with Crippen molar-refractivity contribution in [2.75, 3.05) is 19.7 Å². The SMILES string of the molecule is CCOC(=O)c1cn(C2CC2)c2c(C#CC[C@H]3[C@@H](CNC(=O)OC(C)(C)C)CCN3C(=O)OC(C)(C)C)c(F)c(F)cc2c1=O. The van der Waals surface area contributed by atoms with Crippen LogP contribution in [0.4, 0.5) is 18.4 Å². The standard InChI is InChI=1S/C33H41F2N3O7/c1-8-43-29(40)23-18-38(20-12-13-20)27-21(26(35)24(34)16-22(27)28(23)39)10-9-11-25-19(17-36-30(41)44-32(2,3)4)14-15-37(25)31(42)45-33(5,6)7/h16,18-20,25H,8,11-15,17H2,1-7H3,(H,36,41)/t19-,25+/m1/s1. The Bertz CT molecular complexity index is 1610. The molecule has 1 N–H and O–H groups in total. The normalized spacial score (nSPS) is 18.3. The first-order chi connectivity index (χ1) is 21.0. The monoisotopic (exact) mass is 629 g/mol. The average Bonchev–Trinajstić information content (AvgIpc) is 3.68. The summed E-state index contributed by atoms with van der Waals surface area (Å²) in [5, 5.41) is 2.58. The van der Waals surface area contributed by atoms with Crippen molar-refractivity contribution in [2.45, 2.75) is 97.4 Å². The fourth-order valence-corrected chi connectivity index (χ4v) is 5.33. The van der Waals surface area contributed by atoms with Crippen molar-refractivity contribution in [1.82, 2.24) is 14.8 Å². The molecule has 2 aromatic rings. The smallest absolute Gasteiger partial charge is 0.410 e. The first kappa shape index (κ1) is 33.7. The van der Waals surface area contributed by atoms with Gasteiger partial charge in [0.05, 0.1) is 29.1 Å². The fourth-order valence-electron chi connectivity index (χ4n) is 5.33. The Morgan fingerprint density at radius 2 is 1.71 bits per heavy atom. The summed E-state index contributed by atoms with van der Waals surface area (Å²) >= 11 is 0. The van der Waals surface area contributed by atoms with Crippen LogP contribution in [0.15, 0.2) is 17.1 Å². The summed E-state index contributed by atoms with van der Waals surface area (Å²) in [6.07, 6.45) is 2.23. The molecule has 2 atom stereocenters. The number of carbonyl (C=O) groups is 3. The topological polar surface area (TPSA) is 116 Å². The molecule has 2 aliphatic rings. The number of likely N-dealkylation sites (tertiary alicyclic amines) is 1. The van der Waals surface area contributed by atoms with Gasteiger partial charge in [0, 0.05) is 31.7 Å². The highest BCUT2D eigenvalue weighted by Gasteiger charge is 2.39. The Kier molecular flexibility index (Phi) is 9.80. The molecule has 0 unspecified atom stereocenters. The van der Waals surface area contributed by atoms with Gasteiger partial charge >= 0.3 is 18.2 Å². The van der Waals surface area contributed by atoms with Gasteiger partial charge in [-0.15, -0.1) is 0 Å². The van der Waals surface area contributed by atoms with Crippen molar-refractivity contribution in [3.8, 4) is 11.8 Å². The number of hydrogen-bond acceptors (Lipinski definition) is 7. The van der Waals surface area contributed by atoms with Gasteiger partial charge in [-0.1, -0.05) is 11.8 Å². The number of hydrogen-bond donors (Lipinski definition) is 1. The van der Waals surface area contributed by atoms with Crippen LogP contribution >= 0.6 is 0 Å². The summed E-state index contributed by atoms with van der Waals surface area (Å²) in [6, 6.07) is 0.151. The zero-order valence-corrected chi connectivity index (χ0v) is 26.8. The summed E-state index contributed by atoms with van der Waals surface area (Å²) in [5.74, 6) is 2.09. The summed E-state index contributed by atoms with van der Waals surface area (Å²) in [6.45, 7) is 12.7. The first-order valence-corrected chi connectivity index (χ1v) is 15.2. The van der Waals surface area contributed by atoms with Gasteiger partial charge in [-0.25, -0.2) is 23.2 Å². The second kappa shape index (κ2) is 13.1. The van der Waals surface area contributed by atoms with Gasteiger partial charge in [0.25, 0.3) is 0 Å². The van der Waals surface area contributed by atoms with Crippen molar-refractivity contribution in [3.05, 3.63) is 45.2 Å². The lowest BCUT2D eigenvalue weighted by Crippen LogP contribution is -2.43. The number of benzene rings is 1. The Balaban J connectivity index is 1.71. The van der Waals surface area contributed by atoms with E-state index in [-0.39, 0.29) is 53.6 Å². The summed E-state index contributed by atoms with van der Waals surface area (Å²) in [7, 11) is 0. The predicted molar refractivity (Wildman–Crippen MR) is 163 cm³/mol. The van der Waals surface area contributed by atoms with E-state index in [2.05, 4.69) is 17.2 Å². The van der Waals surface area contributed by atoms with E-state index in [0.717, 1.165) is 18.9 Å². The number of nitrogens with one attached hydrogen (secondary N) is 1. The maximum Gasteiger partial charge on any atom is 0.410 e. The van der Waals surface area contributed by atoms with E-state index in [0.29, 0.717) is 13.0 Å². The Labute approximate surface area is 261 Å². The molecule has 1 saturated carbocycles. The maximum absolute atomic E-state index is 15.4. The highest BCUT2D eigenvalue weighted by molar-refractivity contribution is 5.95. The van der Waals surface area contributed by atoms with Crippen molar-refractivity contribution in [2.24, 2.45) is 5.92 Å². The zero-order valence-electron chi connectivity index (χ0n) is 26.8. The molecule has 10 nitrogen and oxygen atoms in total. The molecule has 0 radical (unpaired) electrons. The number of ether oxygens (including phenoxy) is 3. The van der Waals surface area contributed by atoms with Crippen molar-refractivity contribution < 1.29 is 37.4 Å². The van der Waals surface area contributed by atoms with Crippen molar-refractivity contribution in [3.63, 3.8) is 0 Å². The molecule has 1 aromatic carbocycles. The second-order valence-corrected chi connectivity index (χ2v) is 13.4. The summed E-state index contributed by atoms with van der Waals surface area (Å²) in [4.78, 5) is 52.8. The number of esters is 1. The molecule has 12 heteroatoms. The fraction of sp³-hybridized carbons (Fsp3) is 0.576. The van der Waals surface area contributed by atoms with Crippen LogP contribution < -0.4 is 10.7 Å². The predicted octanol–water partition coefficient (Wildman–Crippen LogP) is 5.68. The molecule has 2 amide bonds. The number of pyridine rings is 1. The number of amides is 2. The molecule has 4 rings (SSSR count). The van der Waals surface area contributed by atoms with E-state index in [9.17, 15) is 23.6 Å². The molecule has 0 spiro atoms. The average molecular weight is 630 g/mol. The minimum absolute atomic E-state index is 0.0456. The summed E-state index contributed by atoms with van der Waals surface area (Å²) < 4.78 is 47.9. The lowest BCUT2D eigenvalue weighted by Gasteiger charge is -2.30. The van der Waals surface area contributed by atoms with E-state index >= 15 is 4.39 Å². The molecule has 244 valence electrons. The van der Waals surface area contributed by atoms with Crippen molar-refractivity contribution in [1.29, 1.82) is 0 Å². The highest BCUT2D eigenvalue weighted by Crippen LogP contribution is 2.38. The third-order valence-electron chi connectivity index (χ3n) is 7.39. The van der Waals surface area contributed by atoms with E-state index in [1.165, 1.54) is 11.1 Å². The van der Waals surface area contributed by atoms with Crippen LogP contribution in [-0.4, -0.2) is 64.6 Å². The van der Waals surface area contributed by atoms with Gasteiger partial charge in [0.15, 0.2) is 11.6 Å². The third-order valence-corrected chi connectivity index (χ3v) is 7.39. The Morgan fingerprint density at radius 3 is 2.31 bits per heavy atom. The molecule has 0 bridgehead atoms. The molecule has 1 aliphatic heterocycles. The molecule has 2 heterocycles. The largest absolute Gasteiger partial charge is 0.462 e. The van der Waals surface area contributed by atoms with Crippen LogP contribution in [0, 0.1) is 29.4 Å². The lowest BCUT2D eigenvalue weighted by atomic mass is 9.97. The number of fused-ring (bicyclic) bond motifs is 1. The maximum atomic E-state index is 15.4. The van der Waals surface area contributed by atoms with Gasteiger partial charge in [-0.2, -0.15) is 0 Å². The van der Waals surface area contributed by atoms with E-state index in [4.69, 9.17) is 14.2 Å². The number of carbonyl (C=O) groups excluding carboxylic acids is 3. The molecule has 1 aliphatic carbocycles. The Hall–Kier alpha value is -4.14. The molecule has 1 aromatic heterocycles. The van der Waals surface area contributed by atoms with Crippen LogP contribution in [0.5, 0.6) is 0 Å². The van der Waals surface area contributed by atoms with E-state index in [1.54, 1.807) is 53.0 Å². The molecule has 45 heavy (non-hydrogen) atoms. The van der Waals surface area contributed by atoms with Gasteiger partial charge in [-0.3, -0.25) is 4.79 Å². The van der Waals surface area contributed by atoms with Gasteiger partial charge in [0.1, 0.15) is 16.8 Å². The van der Waals surface area contributed by atoms with Crippen molar-refractivity contribution >= 4 is 29.1 Å². The highest BCUT2D eigenvalue weighted by atomic mass is 19.2. The second-order valence-electron chi connectivity index (χ2n) is 13.4. The van der Waals surface area contributed by atoms with E-state index in [1.807, 2.05) is 0 Å². The minimum Gasteiger partial charge on any atom is -0.462 e. The molecule has 2 fully saturated rings. The first-order valence-electron chi connectivity index (χ1n) is 15.2. The molecule has 1 saturated heterocycles. The number of halogens is 2. The molecular weight excluding hydrogens is 588 g/mol. The zero-order chi connectivity index (χ0) is 33.3. The van der Waals surface area contributed by atoms with Crippen LogP contribution in [0.2, 0.25) is 0 Å². The number of alkyl carbamates (subject to hydrolysis) is 1. The van der Waals surface area contributed by atoms with Crippen LogP contribution in [0.1, 0.15) is 96.1 Å². The third kappa shape index (κ3) is 8.12. The Morgan fingerprint density at radius 1 is 1.04 bits per heavy atom. The lowest BCUT2D eigenvalue weighted by molar-refractivity contribution is 0.0211. The van der Waals surface area contributed by atoms with Crippen LogP contribution in [0.3, 0.4) is 0 Å². The van der Waals surface area contributed by atoms with Gasteiger partial charge in [-0.05, 0) is 79.7 Å².